The maximum Gasteiger partial charge on any atom is 0.437 e. The zero-order valence-corrected chi connectivity index (χ0v) is 22.8. The number of carbonyl (C=O) groups excluding carboxylic acids is 2. The first-order valence-corrected chi connectivity index (χ1v) is 13.8. The van der Waals surface area contributed by atoms with E-state index in [1.165, 1.54) is 35.7 Å². The average molecular weight is 612 g/mol. The first kappa shape index (κ1) is 29.0. The fourth-order valence-electron chi connectivity index (χ4n) is 4.21. The highest BCUT2D eigenvalue weighted by Gasteiger charge is 2.66. The number of anilines is 1. The van der Waals surface area contributed by atoms with Gasteiger partial charge in [-0.2, -0.15) is 18.4 Å². The lowest BCUT2D eigenvalue weighted by Crippen LogP contribution is -2.66. The smallest absolute Gasteiger partial charge is 0.363 e. The fraction of sp³-hybridized carbons (Fsp3) is 0.192. The number of alkyl halides is 3. The molecule has 1 aliphatic heterocycles. The molecule has 0 aliphatic carbocycles. The highest BCUT2D eigenvalue weighted by atomic mass is 35.5. The Morgan fingerprint density at radius 3 is 2.36 bits per heavy atom. The second-order valence-corrected chi connectivity index (χ2v) is 11.1. The lowest BCUT2D eigenvalue weighted by Gasteiger charge is -2.45. The minimum absolute atomic E-state index is 0.00599. The Hall–Kier alpha value is -3.01. The number of amides is 1. The predicted molar refractivity (Wildman–Crippen MR) is 146 cm³/mol. The molecule has 1 aromatic heterocycles. The number of hydrogen-bond donors (Lipinski definition) is 3. The minimum atomic E-state index is -5.36. The molecule has 2 aromatic carbocycles. The van der Waals surface area contributed by atoms with Crippen LogP contribution in [0.1, 0.15) is 21.2 Å². The van der Waals surface area contributed by atoms with E-state index in [-0.39, 0.29) is 26.1 Å². The molecule has 1 aliphatic rings. The van der Waals surface area contributed by atoms with Gasteiger partial charge in [0.2, 0.25) is 11.6 Å². The quantitative estimate of drug-likeness (QED) is 0.260. The number of ketones is 1. The number of rotatable bonds is 7. The van der Waals surface area contributed by atoms with Gasteiger partial charge in [-0.25, -0.2) is 0 Å². The molecule has 1 amide bonds. The molecule has 0 bridgehead atoms. The Morgan fingerprint density at radius 1 is 1.10 bits per heavy atom. The number of Topliss-reactive ketones (excluding diaryl/α,β-unsaturated/α-hetero) is 1. The second-order valence-electron chi connectivity index (χ2n) is 8.38. The summed E-state index contributed by atoms with van der Waals surface area (Å²) in [6, 6.07) is 17.0. The van der Waals surface area contributed by atoms with Crippen LogP contribution in [0.25, 0.3) is 0 Å². The van der Waals surface area contributed by atoms with E-state index >= 15 is 0 Å². The summed E-state index contributed by atoms with van der Waals surface area (Å²) < 4.78 is 43.8. The molecule has 4 rings (SSSR count). The van der Waals surface area contributed by atoms with Gasteiger partial charge in [0, 0.05) is 10.9 Å². The zero-order chi connectivity index (χ0) is 28.4. The van der Waals surface area contributed by atoms with Crippen LogP contribution in [-0.2, 0) is 4.79 Å². The number of benzene rings is 2. The predicted octanol–water partition coefficient (Wildman–Crippen LogP) is 6.60. The van der Waals surface area contributed by atoms with Gasteiger partial charge in [-0.3, -0.25) is 9.59 Å². The van der Waals surface area contributed by atoms with Crippen molar-refractivity contribution < 1.29 is 27.9 Å². The maximum absolute atomic E-state index is 14.6. The molecule has 3 aromatic rings. The number of hydrogen-bond acceptors (Lipinski definition) is 7. The third-order valence-corrected chi connectivity index (χ3v) is 8.55. The van der Waals surface area contributed by atoms with Crippen molar-refractivity contribution in [3.63, 3.8) is 0 Å². The van der Waals surface area contributed by atoms with Crippen molar-refractivity contribution in [3.05, 3.63) is 97.1 Å². The van der Waals surface area contributed by atoms with E-state index < -0.39 is 46.2 Å². The van der Waals surface area contributed by atoms with E-state index in [0.29, 0.717) is 17.4 Å². The van der Waals surface area contributed by atoms with Crippen LogP contribution >= 0.6 is 46.3 Å². The molecule has 0 unspecified atom stereocenters. The van der Waals surface area contributed by atoms with Gasteiger partial charge in [0.1, 0.15) is 0 Å². The summed E-state index contributed by atoms with van der Waals surface area (Å²) in [6.07, 6.45) is -5.36. The summed E-state index contributed by atoms with van der Waals surface area (Å²) in [7, 11) is 0. The number of carbonyl (C=O) groups is 2. The van der Waals surface area contributed by atoms with Crippen LogP contribution in [0.2, 0.25) is 10.0 Å². The molecule has 202 valence electrons. The monoisotopic (exact) mass is 611 g/mol. The lowest BCUT2D eigenvalue weighted by atomic mass is 9.70. The van der Waals surface area contributed by atoms with E-state index in [1.54, 1.807) is 30.3 Å². The number of nitriles is 1. The Morgan fingerprint density at radius 2 is 1.77 bits per heavy atom. The minimum Gasteiger partial charge on any atom is -0.363 e. The molecule has 0 saturated carbocycles. The Kier molecular flexibility index (Phi) is 8.63. The molecule has 39 heavy (non-hydrogen) atoms. The topological polar surface area (TPSA) is 102 Å². The van der Waals surface area contributed by atoms with E-state index in [9.17, 15) is 33.1 Å². The third-order valence-electron chi connectivity index (χ3n) is 5.98. The van der Waals surface area contributed by atoms with Crippen molar-refractivity contribution in [3.8, 4) is 6.07 Å². The van der Waals surface area contributed by atoms with Gasteiger partial charge in [0.25, 0.3) is 0 Å². The molecule has 0 spiro atoms. The van der Waals surface area contributed by atoms with Gasteiger partial charge in [0.15, 0.2) is 5.78 Å². The van der Waals surface area contributed by atoms with Gasteiger partial charge in [-0.15, -0.1) is 11.3 Å². The van der Waals surface area contributed by atoms with Crippen LogP contribution in [0.5, 0.6) is 0 Å². The molecule has 6 nitrogen and oxygen atoms in total. The normalized spacial score (nSPS) is 21.2. The first-order chi connectivity index (χ1) is 18.5. The van der Waals surface area contributed by atoms with Crippen molar-refractivity contribution in [1.29, 1.82) is 5.26 Å². The van der Waals surface area contributed by atoms with E-state index in [2.05, 4.69) is 5.32 Å². The van der Waals surface area contributed by atoms with Crippen molar-refractivity contribution in [2.75, 3.05) is 11.1 Å². The SMILES string of the molecule is N#CC1=C(SCC(=O)Nc2ccccc2Cl)N[C@](O)(C(F)(F)F)[C@@H](C(=O)c2cccs2)[C@H]1c1ccccc1Cl. The van der Waals surface area contributed by atoms with Gasteiger partial charge in [-0.05, 0) is 35.2 Å². The van der Waals surface area contributed by atoms with E-state index in [1.807, 2.05) is 11.4 Å². The average Bonchev–Trinajstić information content (AvgIpc) is 3.43. The van der Waals surface area contributed by atoms with Gasteiger partial charge in [-0.1, -0.05) is 71.4 Å². The summed E-state index contributed by atoms with van der Waals surface area (Å²) in [5, 5.41) is 27.2. The number of thiophene rings is 1. The molecular weight excluding hydrogens is 594 g/mol. The van der Waals surface area contributed by atoms with Gasteiger partial charge < -0.3 is 15.7 Å². The van der Waals surface area contributed by atoms with Crippen molar-refractivity contribution in [1.82, 2.24) is 5.32 Å². The number of halogens is 5. The number of thioether (sulfide) groups is 1. The number of allylic oxidation sites excluding steroid dienone is 1. The largest absolute Gasteiger partial charge is 0.437 e. The molecule has 3 atom stereocenters. The molecular formula is C26H18Cl2F3N3O3S2. The van der Waals surface area contributed by atoms with E-state index in [0.717, 1.165) is 11.3 Å². The van der Waals surface area contributed by atoms with Crippen LogP contribution in [0.15, 0.2) is 76.6 Å². The molecule has 2 heterocycles. The van der Waals surface area contributed by atoms with Crippen molar-refractivity contribution in [2.45, 2.75) is 17.8 Å². The summed E-state index contributed by atoms with van der Waals surface area (Å²) in [4.78, 5) is 26.1. The molecule has 0 radical (unpaired) electrons. The van der Waals surface area contributed by atoms with Crippen molar-refractivity contribution in [2.24, 2.45) is 5.92 Å². The van der Waals surface area contributed by atoms with Crippen molar-refractivity contribution >= 4 is 63.7 Å². The molecule has 3 N–H and O–H groups in total. The summed E-state index contributed by atoms with van der Waals surface area (Å²) >= 11 is 13.9. The van der Waals surface area contributed by atoms with E-state index in [4.69, 9.17) is 23.2 Å². The highest BCUT2D eigenvalue weighted by Crippen LogP contribution is 2.52. The van der Waals surface area contributed by atoms with Crippen LogP contribution in [-0.4, -0.2) is 34.5 Å². The van der Waals surface area contributed by atoms with Crippen LogP contribution < -0.4 is 10.6 Å². The lowest BCUT2D eigenvalue weighted by molar-refractivity contribution is -0.285. The zero-order valence-electron chi connectivity index (χ0n) is 19.6. The number of nitrogens with one attached hydrogen (secondary N) is 2. The third kappa shape index (κ3) is 5.81. The van der Waals surface area contributed by atoms with Crippen LogP contribution in [0.3, 0.4) is 0 Å². The highest BCUT2D eigenvalue weighted by molar-refractivity contribution is 8.03. The van der Waals surface area contributed by atoms with Gasteiger partial charge in [0.05, 0.1) is 43.9 Å². The molecule has 0 fully saturated rings. The first-order valence-electron chi connectivity index (χ1n) is 11.2. The summed E-state index contributed by atoms with van der Waals surface area (Å²) in [5.74, 6) is -5.87. The fourth-order valence-corrected chi connectivity index (χ4v) is 6.25. The summed E-state index contributed by atoms with van der Waals surface area (Å²) in [6.45, 7) is 0. The molecule has 0 saturated heterocycles. The Bertz CT molecular complexity index is 1470. The van der Waals surface area contributed by atoms with Gasteiger partial charge >= 0.3 is 6.18 Å². The Balaban J connectivity index is 1.81. The summed E-state index contributed by atoms with van der Waals surface area (Å²) in [5.41, 5.74) is -3.73. The number of aliphatic hydroxyl groups is 1. The number of nitrogens with zero attached hydrogens (tertiary/aromatic N) is 1. The van der Waals surface area contributed by atoms with Crippen LogP contribution in [0.4, 0.5) is 18.9 Å². The van der Waals surface area contributed by atoms with Crippen LogP contribution in [0, 0.1) is 17.2 Å². The standard InChI is InChI=1S/C26H18Cl2F3N3O3S2/c27-16-7-2-1-6-14(16)21-15(12-32)24(39-13-20(35)33-18-9-4-3-8-17(18)28)34-25(37,26(29,30)31)22(21)23(36)19-10-5-11-38-19/h1-11,21-22,34,37H,13H2,(H,33,35)/t21-,22+,25+/m0/s1. The number of para-hydroxylation sites is 1. The second kappa shape index (κ2) is 11.6. The Labute approximate surface area is 239 Å². The molecule has 13 heteroatoms. The maximum atomic E-state index is 14.6.